The summed E-state index contributed by atoms with van der Waals surface area (Å²) in [6, 6.07) is 1.39. The van der Waals surface area contributed by atoms with E-state index < -0.39 is 80.2 Å². The van der Waals surface area contributed by atoms with Gasteiger partial charge in [-0.25, -0.2) is 13.6 Å². The highest BCUT2D eigenvalue weighted by Gasteiger charge is 2.78. The topological polar surface area (TPSA) is 120 Å². The first-order valence-corrected chi connectivity index (χ1v) is 14.8. The normalized spacial score (nSPS) is 44.9. The fraction of sp³-hybridized carbons (Fsp3) is 0.600. The molecule has 220 valence electrons. The van der Waals surface area contributed by atoms with Gasteiger partial charge in [0, 0.05) is 29.1 Å². The van der Waals surface area contributed by atoms with Gasteiger partial charge in [0.15, 0.2) is 17.1 Å². The van der Waals surface area contributed by atoms with Crippen LogP contribution in [-0.2, 0) is 23.9 Å². The van der Waals surface area contributed by atoms with Gasteiger partial charge in [0.2, 0.25) is 5.12 Å². The number of aliphatic hydroxyl groups is 1. The summed E-state index contributed by atoms with van der Waals surface area (Å²) in [7, 11) is 0. The van der Waals surface area contributed by atoms with Crippen LogP contribution in [0.5, 0.6) is 0 Å². The maximum atomic E-state index is 17.6. The molecule has 1 saturated heterocycles. The molecule has 0 amide bonds. The molecule has 2 heterocycles. The molecule has 4 aliphatic carbocycles. The fourth-order valence-corrected chi connectivity index (χ4v) is 9.89. The molecule has 1 N–H and O–H groups in total. The van der Waals surface area contributed by atoms with Crippen LogP contribution < -0.4 is 0 Å². The van der Waals surface area contributed by atoms with Crippen LogP contribution in [-0.4, -0.2) is 63.3 Å². The zero-order chi connectivity index (χ0) is 29.5. The largest absolute Gasteiger partial charge is 0.472 e. The monoisotopic (exact) mass is 590 g/mol. The van der Waals surface area contributed by atoms with Gasteiger partial charge in [-0.05, 0) is 55.9 Å². The molecule has 8 nitrogen and oxygen atoms in total. The molecule has 6 rings (SSSR count). The first-order valence-electron chi connectivity index (χ1n) is 13.9. The number of esters is 2. The first kappa shape index (κ1) is 28.3. The lowest BCUT2D eigenvalue weighted by Crippen LogP contribution is -2.70. The number of carbonyl (C=O) groups excluding carboxylic acids is 4. The minimum atomic E-state index is -2.35. The van der Waals surface area contributed by atoms with E-state index in [1.54, 1.807) is 13.8 Å². The standard InChI is InChI=1S/C30H32F2O8S/c1-15-10-18-19-12-21(31)20-11-17(33)4-7-27(20,2)29(19,32)23(34)13-28(18,3)30(15,40-24(35)16-5-8-38-14-16)26(37)41-22-6-9-39-25(22)36/h4-5,7-8,11,14-15,18-19,21-23,34H,6,9-10,12-13H2,1-3H3/t15-,18+,19+,21+,22+,23+,27+,28+,29+,30+/m1/s1. The number of cyclic esters (lactones) is 1. The second-order valence-corrected chi connectivity index (χ2v) is 13.7. The van der Waals surface area contributed by atoms with E-state index in [1.165, 1.54) is 37.7 Å². The number of furan rings is 1. The van der Waals surface area contributed by atoms with E-state index in [9.17, 15) is 24.3 Å². The fourth-order valence-electron chi connectivity index (χ4n) is 8.60. The van der Waals surface area contributed by atoms with E-state index in [0.717, 1.165) is 17.8 Å². The van der Waals surface area contributed by atoms with Crippen LogP contribution in [0.25, 0.3) is 0 Å². The van der Waals surface area contributed by atoms with E-state index in [4.69, 9.17) is 13.9 Å². The highest BCUT2D eigenvalue weighted by atomic mass is 32.2. The van der Waals surface area contributed by atoms with Gasteiger partial charge >= 0.3 is 11.9 Å². The number of fused-ring (bicyclic) bond motifs is 5. The molecule has 0 unspecified atom stereocenters. The molecule has 3 saturated carbocycles. The van der Waals surface area contributed by atoms with Gasteiger partial charge in [-0.1, -0.05) is 31.7 Å². The highest BCUT2D eigenvalue weighted by molar-refractivity contribution is 8.14. The summed E-state index contributed by atoms with van der Waals surface area (Å²) >= 11 is 0.735. The lowest BCUT2D eigenvalue weighted by molar-refractivity contribution is -0.221. The molecule has 4 fully saturated rings. The van der Waals surface area contributed by atoms with Crippen molar-refractivity contribution in [3.63, 3.8) is 0 Å². The molecular formula is C30H32F2O8S. The Morgan fingerprint density at radius 2 is 1.95 bits per heavy atom. The van der Waals surface area contributed by atoms with Crippen LogP contribution >= 0.6 is 11.8 Å². The molecule has 0 spiro atoms. The number of rotatable bonds is 4. The Hall–Kier alpha value is -2.79. The molecule has 1 aromatic rings. The van der Waals surface area contributed by atoms with Crippen molar-refractivity contribution in [1.82, 2.24) is 0 Å². The van der Waals surface area contributed by atoms with Crippen molar-refractivity contribution in [2.75, 3.05) is 6.61 Å². The number of thioether (sulfide) groups is 1. The zero-order valence-electron chi connectivity index (χ0n) is 22.9. The molecule has 11 heteroatoms. The number of hydrogen-bond acceptors (Lipinski definition) is 9. The Labute approximate surface area is 239 Å². The van der Waals surface area contributed by atoms with Gasteiger partial charge in [-0.15, -0.1) is 0 Å². The lowest BCUT2D eigenvalue weighted by Gasteiger charge is -2.63. The molecular weight excluding hydrogens is 558 g/mol. The number of hydrogen-bond donors (Lipinski definition) is 1. The molecule has 1 aromatic heterocycles. The van der Waals surface area contributed by atoms with Gasteiger partial charge in [0.1, 0.15) is 17.7 Å². The van der Waals surface area contributed by atoms with Crippen LogP contribution in [0.3, 0.4) is 0 Å². The molecule has 0 radical (unpaired) electrons. The third-order valence-electron chi connectivity index (χ3n) is 10.6. The number of ketones is 1. The van der Waals surface area contributed by atoms with Crippen molar-refractivity contribution in [3.05, 3.63) is 48.0 Å². The average Bonchev–Trinajstić information content (AvgIpc) is 3.64. The third kappa shape index (κ3) is 3.66. The minimum absolute atomic E-state index is 0.00137. The molecule has 0 bridgehead atoms. The van der Waals surface area contributed by atoms with E-state index in [2.05, 4.69) is 0 Å². The zero-order valence-corrected chi connectivity index (χ0v) is 23.7. The summed E-state index contributed by atoms with van der Waals surface area (Å²) < 4.78 is 49.6. The molecule has 5 aliphatic rings. The number of ether oxygens (including phenoxy) is 2. The number of halogens is 2. The molecule has 41 heavy (non-hydrogen) atoms. The predicted octanol–water partition coefficient (Wildman–Crippen LogP) is 4.32. The van der Waals surface area contributed by atoms with Crippen molar-refractivity contribution in [2.24, 2.45) is 28.6 Å². The highest BCUT2D eigenvalue weighted by Crippen LogP contribution is 2.72. The summed E-state index contributed by atoms with van der Waals surface area (Å²) in [6.07, 6.45) is 2.77. The summed E-state index contributed by atoms with van der Waals surface area (Å²) in [5.41, 5.74) is -7.05. The van der Waals surface area contributed by atoms with Crippen molar-refractivity contribution >= 4 is 34.6 Å². The van der Waals surface area contributed by atoms with Crippen molar-refractivity contribution in [3.8, 4) is 0 Å². The Balaban J connectivity index is 1.46. The number of carbonyl (C=O) groups is 4. The van der Waals surface area contributed by atoms with Crippen LogP contribution in [0.1, 0.15) is 56.8 Å². The van der Waals surface area contributed by atoms with Gasteiger partial charge in [0.05, 0.1) is 24.5 Å². The quantitative estimate of drug-likeness (QED) is 0.512. The van der Waals surface area contributed by atoms with E-state index in [1.807, 2.05) is 0 Å². The van der Waals surface area contributed by atoms with Gasteiger partial charge in [-0.3, -0.25) is 14.4 Å². The average molecular weight is 591 g/mol. The Kier molecular flexibility index (Phi) is 6.47. The molecule has 10 atom stereocenters. The van der Waals surface area contributed by atoms with Crippen LogP contribution in [0, 0.1) is 28.6 Å². The van der Waals surface area contributed by atoms with Gasteiger partial charge < -0.3 is 19.0 Å². The summed E-state index contributed by atoms with van der Waals surface area (Å²) in [4.78, 5) is 52.2. The Bertz CT molecular complexity index is 1370. The van der Waals surface area contributed by atoms with Crippen molar-refractivity contribution < 1.29 is 47.0 Å². The Morgan fingerprint density at radius 3 is 2.61 bits per heavy atom. The predicted molar refractivity (Wildman–Crippen MR) is 142 cm³/mol. The third-order valence-corrected chi connectivity index (χ3v) is 11.8. The van der Waals surface area contributed by atoms with E-state index in [-0.39, 0.29) is 37.0 Å². The van der Waals surface area contributed by atoms with Crippen LogP contribution in [0.15, 0.2) is 46.8 Å². The molecule has 1 aliphatic heterocycles. The van der Waals surface area contributed by atoms with Gasteiger partial charge in [-0.2, -0.15) is 0 Å². The van der Waals surface area contributed by atoms with Crippen LogP contribution in [0.4, 0.5) is 8.78 Å². The lowest BCUT2D eigenvalue weighted by atomic mass is 9.44. The number of allylic oxidation sites excluding steroid dienone is 4. The van der Waals surface area contributed by atoms with E-state index in [0.29, 0.717) is 6.42 Å². The SMILES string of the molecule is C[C@@H]1C[C@H]2[C@@H]3C[C@H](F)C4=CC(=O)C=C[C@]4(C)[C@@]3(F)[C@@H](O)C[C@]2(C)[C@@]1(OC(=O)c1ccoc1)C(=O)S[C@H]1CCOC1=O. The van der Waals surface area contributed by atoms with E-state index >= 15 is 8.78 Å². The summed E-state index contributed by atoms with van der Waals surface area (Å²) in [5, 5.41) is 10.3. The minimum Gasteiger partial charge on any atom is -0.472 e. The maximum absolute atomic E-state index is 17.6. The number of aliphatic hydroxyl groups excluding tert-OH is 1. The molecule has 0 aromatic carbocycles. The van der Waals surface area contributed by atoms with Gasteiger partial charge in [0.25, 0.3) is 0 Å². The van der Waals surface area contributed by atoms with Crippen molar-refractivity contribution in [1.29, 1.82) is 0 Å². The summed E-state index contributed by atoms with van der Waals surface area (Å²) in [6.45, 7) is 5.09. The summed E-state index contributed by atoms with van der Waals surface area (Å²) in [5.74, 6) is -4.21. The van der Waals surface area contributed by atoms with Crippen LogP contribution in [0.2, 0.25) is 0 Å². The second-order valence-electron chi connectivity index (χ2n) is 12.5. The van der Waals surface area contributed by atoms with Crippen molar-refractivity contribution in [2.45, 2.75) is 75.2 Å². The Morgan fingerprint density at radius 1 is 1.20 bits per heavy atom. The first-order chi connectivity index (χ1) is 19.3. The second kappa shape index (κ2) is 9.36. The maximum Gasteiger partial charge on any atom is 0.342 e. The number of alkyl halides is 2. The smallest absolute Gasteiger partial charge is 0.342 e.